The zero-order valence-electron chi connectivity index (χ0n) is 10.1. The Morgan fingerprint density at radius 1 is 1.44 bits per heavy atom. The van der Waals surface area contributed by atoms with Crippen molar-refractivity contribution in [2.24, 2.45) is 5.41 Å². The average Bonchev–Trinajstić information content (AvgIpc) is 2.27. The fourth-order valence-corrected chi connectivity index (χ4v) is 1.14. The van der Waals surface area contributed by atoms with Gasteiger partial charge in [-0.1, -0.05) is 0 Å². The van der Waals surface area contributed by atoms with E-state index in [-0.39, 0.29) is 12.6 Å². The van der Waals surface area contributed by atoms with Crippen LogP contribution in [0, 0.1) is 12.3 Å². The standard InChI is InChI=1S/C12H17NO3/c1-9-5-6-10(7-13-9)16-8-12(2,3)11(14)15-4/h5-7H,8H2,1-4H3. The Kier molecular flexibility index (Phi) is 3.88. The Morgan fingerprint density at radius 3 is 2.62 bits per heavy atom. The van der Waals surface area contributed by atoms with E-state index in [0.29, 0.717) is 5.75 Å². The Labute approximate surface area is 95.6 Å². The predicted molar refractivity (Wildman–Crippen MR) is 60.3 cm³/mol. The molecular formula is C12H17NO3. The second-order valence-corrected chi connectivity index (χ2v) is 4.30. The first kappa shape index (κ1) is 12.5. The Hall–Kier alpha value is -1.58. The maximum atomic E-state index is 11.4. The van der Waals surface area contributed by atoms with Crippen LogP contribution in [0.25, 0.3) is 0 Å². The second kappa shape index (κ2) is 4.96. The molecule has 0 unspecified atom stereocenters. The highest BCUT2D eigenvalue weighted by Gasteiger charge is 2.29. The minimum Gasteiger partial charge on any atom is -0.491 e. The molecule has 1 rings (SSSR count). The van der Waals surface area contributed by atoms with E-state index in [0.717, 1.165) is 5.69 Å². The van der Waals surface area contributed by atoms with E-state index < -0.39 is 5.41 Å². The number of rotatable bonds is 4. The Balaban J connectivity index is 2.57. The summed E-state index contributed by atoms with van der Waals surface area (Å²) in [6.07, 6.45) is 1.64. The van der Waals surface area contributed by atoms with E-state index in [4.69, 9.17) is 4.74 Å². The number of hydrogen-bond acceptors (Lipinski definition) is 4. The van der Waals surface area contributed by atoms with Crippen molar-refractivity contribution in [3.8, 4) is 5.75 Å². The number of hydrogen-bond donors (Lipinski definition) is 0. The first-order valence-electron chi connectivity index (χ1n) is 5.09. The molecule has 0 aromatic carbocycles. The number of carbonyl (C=O) groups excluding carboxylic acids is 1. The number of pyridine rings is 1. The van der Waals surface area contributed by atoms with Gasteiger partial charge >= 0.3 is 5.97 Å². The summed E-state index contributed by atoms with van der Waals surface area (Å²) < 4.78 is 10.2. The van der Waals surface area contributed by atoms with Gasteiger partial charge in [0, 0.05) is 5.69 Å². The number of aryl methyl sites for hydroxylation is 1. The van der Waals surface area contributed by atoms with Gasteiger partial charge in [-0.3, -0.25) is 9.78 Å². The summed E-state index contributed by atoms with van der Waals surface area (Å²) in [6.45, 7) is 5.73. The third-order valence-corrected chi connectivity index (χ3v) is 2.22. The number of ether oxygens (including phenoxy) is 2. The van der Waals surface area contributed by atoms with Crippen molar-refractivity contribution in [1.82, 2.24) is 4.98 Å². The van der Waals surface area contributed by atoms with Crippen LogP contribution in [-0.4, -0.2) is 24.7 Å². The molecule has 0 aliphatic rings. The van der Waals surface area contributed by atoms with Crippen molar-refractivity contribution in [3.05, 3.63) is 24.0 Å². The SMILES string of the molecule is COC(=O)C(C)(C)COc1ccc(C)nc1. The fourth-order valence-electron chi connectivity index (χ4n) is 1.14. The molecule has 0 bridgehead atoms. The number of aromatic nitrogens is 1. The molecule has 0 aliphatic carbocycles. The summed E-state index contributed by atoms with van der Waals surface area (Å²) in [4.78, 5) is 15.5. The predicted octanol–water partition coefficient (Wildman–Crippen LogP) is 1.97. The van der Waals surface area contributed by atoms with Gasteiger partial charge in [0.1, 0.15) is 12.4 Å². The van der Waals surface area contributed by atoms with Crippen LogP contribution in [0.3, 0.4) is 0 Å². The lowest BCUT2D eigenvalue weighted by molar-refractivity contribution is -0.152. The molecule has 16 heavy (non-hydrogen) atoms. The lowest BCUT2D eigenvalue weighted by Crippen LogP contribution is -2.32. The number of esters is 1. The molecule has 0 fully saturated rings. The zero-order valence-corrected chi connectivity index (χ0v) is 10.1. The molecule has 88 valence electrons. The molecule has 0 spiro atoms. The number of methoxy groups -OCH3 is 1. The van der Waals surface area contributed by atoms with E-state index >= 15 is 0 Å². The van der Waals surface area contributed by atoms with E-state index in [9.17, 15) is 4.79 Å². The second-order valence-electron chi connectivity index (χ2n) is 4.30. The maximum absolute atomic E-state index is 11.4. The third kappa shape index (κ3) is 3.22. The van der Waals surface area contributed by atoms with Gasteiger partial charge in [-0.05, 0) is 32.9 Å². The van der Waals surface area contributed by atoms with Gasteiger partial charge in [0.2, 0.25) is 0 Å². The Morgan fingerprint density at radius 2 is 2.12 bits per heavy atom. The van der Waals surface area contributed by atoms with Gasteiger partial charge < -0.3 is 9.47 Å². The van der Waals surface area contributed by atoms with Gasteiger partial charge in [-0.2, -0.15) is 0 Å². The van der Waals surface area contributed by atoms with Gasteiger partial charge in [0.25, 0.3) is 0 Å². The van der Waals surface area contributed by atoms with Gasteiger partial charge in [-0.15, -0.1) is 0 Å². The average molecular weight is 223 g/mol. The van der Waals surface area contributed by atoms with Crippen LogP contribution in [-0.2, 0) is 9.53 Å². The van der Waals surface area contributed by atoms with Crippen molar-refractivity contribution in [3.63, 3.8) is 0 Å². The highest BCUT2D eigenvalue weighted by molar-refractivity contribution is 5.75. The first-order valence-corrected chi connectivity index (χ1v) is 5.09. The molecule has 1 heterocycles. The molecule has 1 aromatic heterocycles. The number of carbonyl (C=O) groups is 1. The smallest absolute Gasteiger partial charge is 0.314 e. The summed E-state index contributed by atoms with van der Waals surface area (Å²) in [5, 5.41) is 0. The molecule has 0 aliphatic heterocycles. The van der Waals surface area contributed by atoms with E-state index in [1.54, 1.807) is 20.0 Å². The van der Waals surface area contributed by atoms with Gasteiger partial charge in [0.15, 0.2) is 0 Å². The normalized spacial score (nSPS) is 11.0. The fraction of sp³-hybridized carbons (Fsp3) is 0.500. The summed E-state index contributed by atoms with van der Waals surface area (Å²) in [5.74, 6) is 0.371. The minimum atomic E-state index is -0.653. The Bertz CT molecular complexity index is 357. The van der Waals surface area contributed by atoms with Gasteiger partial charge in [-0.25, -0.2) is 0 Å². The quantitative estimate of drug-likeness (QED) is 0.732. The molecule has 4 heteroatoms. The van der Waals surface area contributed by atoms with Crippen LogP contribution < -0.4 is 4.74 Å². The molecule has 0 amide bonds. The lowest BCUT2D eigenvalue weighted by atomic mass is 9.95. The summed E-state index contributed by atoms with van der Waals surface area (Å²) in [7, 11) is 1.37. The monoisotopic (exact) mass is 223 g/mol. The van der Waals surface area contributed by atoms with Crippen molar-refractivity contribution >= 4 is 5.97 Å². The molecule has 0 radical (unpaired) electrons. The molecule has 0 saturated carbocycles. The van der Waals surface area contributed by atoms with Crippen LogP contribution >= 0.6 is 0 Å². The molecule has 1 aromatic rings. The van der Waals surface area contributed by atoms with E-state index in [1.165, 1.54) is 7.11 Å². The minimum absolute atomic E-state index is 0.268. The van der Waals surface area contributed by atoms with E-state index in [1.807, 2.05) is 19.1 Å². The van der Waals surface area contributed by atoms with Crippen LogP contribution in [0.5, 0.6) is 5.75 Å². The van der Waals surface area contributed by atoms with Crippen molar-refractivity contribution in [2.75, 3.05) is 13.7 Å². The maximum Gasteiger partial charge on any atom is 0.314 e. The summed E-state index contributed by atoms with van der Waals surface area (Å²) in [6, 6.07) is 3.69. The van der Waals surface area contributed by atoms with Crippen molar-refractivity contribution in [1.29, 1.82) is 0 Å². The lowest BCUT2D eigenvalue weighted by Gasteiger charge is -2.21. The largest absolute Gasteiger partial charge is 0.491 e. The van der Waals surface area contributed by atoms with Crippen molar-refractivity contribution < 1.29 is 14.3 Å². The summed E-state index contributed by atoms with van der Waals surface area (Å²) >= 11 is 0. The molecule has 0 atom stereocenters. The molecule has 0 N–H and O–H groups in total. The highest BCUT2D eigenvalue weighted by Crippen LogP contribution is 2.19. The van der Waals surface area contributed by atoms with Crippen LogP contribution in [0.4, 0.5) is 0 Å². The summed E-state index contributed by atoms with van der Waals surface area (Å²) in [5.41, 5.74) is 0.277. The topological polar surface area (TPSA) is 48.4 Å². The number of nitrogens with zero attached hydrogens (tertiary/aromatic N) is 1. The van der Waals surface area contributed by atoms with Crippen LogP contribution in [0.1, 0.15) is 19.5 Å². The van der Waals surface area contributed by atoms with Crippen LogP contribution in [0.15, 0.2) is 18.3 Å². The molecular weight excluding hydrogens is 206 g/mol. The highest BCUT2D eigenvalue weighted by atomic mass is 16.5. The van der Waals surface area contributed by atoms with Crippen LogP contribution in [0.2, 0.25) is 0 Å². The van der Waals surface area contributed by atoms with E-state index in [2.05, 4.69) is 9.72 Å². The zero-order chi connectivity index (χ0) is 12.2. The first-order chi connectivity index (χ1) is 7.45. The third-order valence-electron chi connectivity index (χ3n) is 2.22. The molecule has 4 nitrogen and oxygen atoms in total. The van der Waals surface area contributed by atoms with Crippen molar-refractivity contribution in [2.45, 2.75) is 20.8 Å². The molecule has 0 saturated heterocycles. The van der Waals surface area contributed by atoms with Gasteiger partial charge in [0.05, 0.1) is 18.7 Å².